The van der Waals surface area contributed by atoms with E-state index >= 15 is 0 Å². The lowest BCUT2D eigenvalue weighted by atomic mass is 9.91. The van der Waals surface area contributed by atoms with Crippen LogP contribution in [0.2, 0.25) is 0 Å². The van der Waals surface area contributed by atoms with Crippen molar-refractivity contribution in [2.24, 2.45) is 0 Å². The van der Waals surface area contributed by atoms with Gasteiger partial charge in [0.2, 0.25) is 11.8 Å². The Morgan fingerprint density at radius 3 is 2.46 bits per heavy atom. The van der Waals surface area contributed by atoms with Crippen LogP contribution in [-0.4, -0.2) is 22.8 Å². The molecule has 4 heteroatoms. The number of fused-ring (bicyclic) bond motifs is 1. The highest BCUT2D eigenvalue weighted by molar-refractivity contribution is 5.92. The number of rotatable bonds is 4. The minimum absolute atomic E-state index is 0.0131. The van der Waals surface area contributed by atoms with E-state index in [-0.39, 0.29) is 17.9 Å². The smallest absolute Gasteiger partial charge is 0.247 e. The van der Waals surface area contributed by atoms with E-state index in [1.807, 2.05) is 54.6 Å². The Hall–Kier alpha value is -2.62. The summed E-state index contributed by atoms with van der Waals surface area (Å²) in [5.41, 5.74) is 2.96. The van der Waals surface area contributed by atoms with Crippen molar-refractivity contribution in [2.45, 2.75) is 50.7 Å². The van der Waals surface area contributed by atoms with E-state index in [1.165, 1.54) is 12.8 Å². The number of hydrogen-bond donors (Lipinski definition) is 1. The van der Waals surface area contributed by atoms with Gasteiger partial charge in [-0.2, -0.15) is 0 Å². The van der Waals surface area contributed by atoms with E-state index < -0.39 is 6.04 Å². The molecule has 1 heterocycles. The Bertz CT molecular complexity index is 797. The van der Waals surface area contributed by atoms with Gasteiger partial charge in [0.15, 0.2) is 0 Å². The summed E-state index contributed by atoms with van der Waals surface area (Å²) in [5, 5.41) is 3.19. The van der Waals surface area contributed by atoms with Gasteiger partial charge in [-0.05, 0) is 29.5 Å². The third-order valence-electron chi connectivity index (χ3n) is 5.47. The van der Waals surface area contributed by atoms with E-state index in [9.17, 15) is 9.59 Å². The number of carbonyl (C=O) groups excluding carboxylic acids is 2. The largest absolute Gasteiger partial charge is 0.351 e. The standard InChI is InChI=1S/C22H24N2O2/c25-20-14-17-10-4-7-13-19(17)21(22(26)23-18-11-5-6-12-18)24(20)15-16-8-2-1-3-9-16/h1-4,7-10,13,18,21H,5-6,11-12,14-15H2,(H,23,26)/t21-/m0/s1. The van der Waals surface area contributed by atoms with Crippen molar-refractivity contribution in [3.05, 3.63) is 71.3 Å². The fourth-order valence-corrected chi connectivity index (χ4v) is 4.13. The molecule has 1 atom stereocenters. The van der Waals surface area contributed by atoms with Gasteiger partial charge in [-0.15, -0.1) is 0 Å². The summed E-state index contributed by atoms with van der Waals surface area (Å²) in [6.45, 7) is 0.455. The molecule has 0 unspecified atom stereocenters. The van der Waals surface area contributed by atoms with Gasteiger partial charge in [0, 0.05) is 12.6 Å². The fraction of sp³-hybridized carbons (Fsp3) is 0.364. The molecule has 1 N–H and O–H groups in total. The number of nitrogens with zero attached hydrogens (tertiary/aromatic N) is 1. The zero-order valence-electron chi connectivity index (χ0n) is 14.9. The predicted molar refractivity (Wildman–Crippen MR) is 100 cm³/mol. The molecular weight excluding hydrogens is 324 g/mol. The molecule has 4 rings (SSSR count). The maximum atomic E-state index is 13.2. The van der Waals surface area contributed by atoms with E-state index in [1.54, 1.807) is 4.90 Å². The molecule has 0 radical (unpaired) electrons. The molecule has 1 fully saturated rings. The van der Waals surface area contributed by atoms with Crippen molar-refractivity contribution >= 4 is 11.8 Å². The minimum Gasteiger partial charge on any atom is -0.351 e. The van der Waals surface area contributed by atoms with Crippen molar-refractivity contribution in [2.75, 3.05) is 0 Å². The van der Waals surface area contributed by atoms with Gasteiger partial charge in [0.25, 0.3) is 0 Å². The monoisotopic (exact) mass is 348 g/mol. The third-order valence-corrected chi connectivity index (χ3v) is 5.47. The summed E-state index contributed by atoms with van der Waals surface area (Å²) < 4.78 is 0. The minimum atomic E-state index is -0.548. The molecular formula is C22H24N2O2. The highest BCUT2D eigenvalue weighted by Gasteiger charge is 2.37. The van der Waals surface area contributed by atoms with Gasteiger partial charge in [-0.1, -0.05) is 67.4 Å². The first kappa shape index (κ1) is 16.8. The fourth-order valence-electron chi connectivity index (χ4n) is 4.13. The first-order valence-electron chi connectivity index (χ1n) is 9.44. The van der Waals surface area contributed by atoms with Crippen LogP contribution >= 0.6 is 0 Å². The highest BCUT2D eigenvalue weighted by atomic mass is 16.2. The van der Waals surface area contributed by atoms with Crippen LogP contribution in [0, 0.1) is 0 Å². The number of hydrogen-bond acceptors (Lipinski definition) is 2. The Morgan fingerprint density at radius 2 is 1.69 bits per heavy atom. The van der Waals surface area contributed by atoms with Crippen LogP contribution in [-0.2, 0) is 22.6 Å². The van der Waals surface area contributed by atoms with Crippen molar-refractivity contribution in [3.8, 4) is 0 Å². The maximum Gasteiger partial charge on any atom is 0.247 e. The number of amides is 2. The summed E-state index contributed by atoms with van der Waals surface area (Å²) >= 11 is 0. The molecule has 0 spiro atoms. The highest BCUT2D eigenvalue weighted by Crippen LogP contribution is 2.32. The van der Waals surface area contributed by atoms with Crippen LogP contribution in [0.1, 0.15) is 48.4 Å². The van der Waals surface area contributed by atoms with Crippen LogP contribution in [0.3, 0.4) is 0 Å². The summed E-state index contributed by atoms with van der Waals surface area (Å²) in [7, 11) is 0. The van der Waals surface area contributed by atoms with Gasteiger partial charge in [-0.25, -0.2) is 0 Å². The van der Waals surface area contributed by atoms with E-state index in [0.29, 0.717) is 13.0 Å². The molecule has 26 heavy (non-hydrogen) atoms. The summed E-state index contributed by atoms with van der Waals surface area (Å²) in [6.07, 6.45) is 4.76. The van der Waals surface area contributed by atoms with Crippen LogP contribution in [0.5, 0.6) is 0 Å². The second-order valence-electron chi connectivity index (χ2n) is 7.28. The van der Waals surface area contributed by atoms with E-state index in [2.05, 4.69) is 5.32 Å². The summed E-state index contributed by atoms with van der Waals surface area (Å²) in [4.78, 5) is 27.8. The molecule has 2 amide bonds. The average Bonchev–Trinajstić information content (AvgIpc) is 3.16. The lowest BCUT2D eigenvalue weighted by molar-refractivity contribution is -0.142. The predicted octanol–water partition coefficient (Wildman–Crippen LogP) is 3.37. The second kappa shape index (κ2) is 7.32. The molecule has 2 aliphatic rings. The van der Waals surface area contributed by atoms with Crippen molar-refractivity contribution < 1.29 is 9.59 Å². The number of nitrogens with one attached hydrogen (secondary N) is 1. The van der Waals surface area contributed by atoms with Crippen molar-refractivity contribution in [1.82, 2.24) is 10.2 Å². The van der Waals surface area contributed by atoms with Crippen LogP contribution in [0.15, 0.2) is 54.6 Å². The Kier molecular flexibility index (Phi) is 4.74. The van der Waals surface area contributed by atoms with Gasteiger partial charge < -0.3 is 10.2 Å². The van der Waals surface area contributed by atoms with Gasteiger partial charge >= 0.3 is 0 Å². The summed E-state index contributed by atoms with van der Waals surface area (Å²) in [6, 6.07) is 17.4. The third kappa shape index (κ3) is 3.36. The van der Waals surface area contributed by atoms with Crippen LogP contribution in [0.25, 0.3) is 0 Å². The summed E-state index contributed by atoms with van der Waals surface area (Å²) in [5.74, 6) is -0.0348. The molecule has 2 aromatic carbocycles. The van der Waals surface area contributed by atoms with Gasteiger partial charge in [0.1, 0.15) is 6.04 Å². The van der Waals surface area contributed by atoms with Crippen LogP contribution < -0.4 is 5.32 Å². The number of carbonyl (C=O) groups is 2. The first-order chi connectivity index (χ1) is 12.7. The quantitative estimate of drug-likeness (QED) is 0.921. The second-order valence-corrected chi connectivity index (χ2v) is 7.28. The molecule has 0 bridgehead atoms. The van der Waals surface area contributed by atoms with Crippen LogP contribution in [0.4, 0.5) is 0 Å². The van der Waals surface area contributed by atoms with E-state index in [0.717, 1.165) is 29.5 Å². The van der Waals surface area contributed by atoms with Crippen molar-refractivity contribution in [1.29, 1.82) is 0 Å². The molecule has 4 nitrogen and oxygen atoms in total. The van der Waals surface area contributed by atoms with Gasteiger partial charge in [-0.3, -0.25) is 9.59 Å². The van der Waals surface area contributed by atoms with E-state index in [4.69, 9.17) is 0 Å². The Morgan fingerprint density at radius 1 is 1.00 bits per heavy atom. The number of benzene rings is 2. The molecule has 134 valence electrons. The molecule has 1 aliphatic carbocycles. The molecule has 0 saturated heterocycles. The SMILES string of the molecule is O=C(NC1CCCC1)[C@@H]1c2ccccc2CC(=O)N1Cc1ccccc1. The lowest BCUT2D eigenvalue weighted by Gasteiger charge is -2.37. The average molecular weight is 348 g/mol. The Labute approximate surface area is 154 Å². The molecule has 2 aromatic rings. The molecule has 0 aromatic heterocycles. The maximum absolute atomic E-state index is 13.2. The molecule has 1 aliphatic heterocycles. The van der Waals surface area contributed by atoms with Gasteiger partial charge in [0.05, 0.1) is 6.42 Å². The zero-order valence-corrected chi connectivity index (χ0v) is 14.9. The Balaban J connectivity index is 1.65. The topological polar surface area (TPSA) is 49.4 Å². The normalized spacial score (nSPS) is 20.1. The first-order valence-corrected chi connectivity index (χ1v) is 9.44. The lowest BCUT2D eigenvalue weighted by Crippen LogP contribution is -2.48. The molecule has 1 saturated carbocycles. The zero-order chi connectivity index (χ0) is 17.9. The van der Waals surface area contributed by atoms with Crippen molar-refractivity contribution in [3.63, 3.8) is 0 Å².